The molecule has 0 aliphatic carbocycles. The summed E-state index contributed by atoms with van der Waals surface area (Å²) in [6.45, 7) is 4.97. The SMILES string of the molecule is CC(C)n1cnc2c(NCCc3ccc(O)cc3)nc(C3=CSCc4ccccc43)nc21. The van der Waals surface area contributed by atoms with Gasteiger partial charge in [-0.3, -0.25) is 0 Å². The second-order valence-electron chi connectivity index (χ2n) is 8.16. The highest BCUT2D eigenvalue weighted by Gasteiger charge is 2.20. The molecule has 7 heteroatoms. The van der Waals surface area contributed by atoms with Crippen LogP contribution in [0.1, 0.15) is 42.4 Å². The zero-order chi connectivity index (χ0) is 22.1. The summed E-state index contributed by atoms with van der Waals surface area (Å²) in [5.74, 6) is 2.70. The average Bonchev–Trinajstić information content (AvgIpc) is 3.24. The number of rotatable bonds is 6. The van der Waals surface area contributed by atoms with Gasteiger partial charge in [-0.15, -0.1) is 11.8 Å². The molecule has 1 aliphatic rings. The van der Waals surface area contributed by atoms with Gasteiger partial charge in [0, 0.05) is 23.9 Å². The molecule has 6 nitrogen and oxygen atoms in total. The summed E-state index contributed by atoms with van der Waals surface area (Å²) in [5.41, 5.74) is 6.32. The maximum absolute atomic E-state index is 9.50. The van der Waals surface area contributed by atoms with Gasteiger partial charge < -0.3 is 15.0 Å². The van der Waals surface area contributed by atoms with E-state index >= 15 is 0 Å². The first-order valence-corrected chi connectivity index (χ1v) is 11.8. The van der Waals surface area contributed by atoms with Crippen LogP contribution in [0.15, 0.2) is 60.3 Å². The Kier molecular flexibility index (Phi) is 5.57. The van der Waals surface area contributed by atoms with Crippen LogP contribution in [-0.2, 0) is 12.2 Å². The van der Waals surface area contributed by atoms with Gasteiger partial charge in [0.1, 0.15) is 11.3 Å². The third-order valence-corrected chi connectivity index (χ3v) is 6.49. The largest absolute Gasteiger partial charge is 0.508 e. The van der Waals surface area contributed by atoms with Gasteiger partial charge in [-0.25, -0.2) is 15.0 Å². The van der Waals surface area contributed by atoms with E-state index in [1.54, 1.807) is 23.9 Å². The van der Waals surface area contributed by atoms with Crippen molar-refractivity contribution in [3.8, 4) is 5.75 Å². The van der Waals surface area contributed by atoms with E-state index in [1.807, 2.05) is 18.5 Å². The highest BCUT2D eigenvalue weighted by Crippen LogP contribution is 2.35. The van der Waals surface area contributed by atoms with E-state index < -0.39 is 0 Å². The van der Waals surface area contributed by atoms with Crippen LogP contribution in [0.25, 0.3) is 16.7 Å². The van der Waals surface area contributed by atoms with E-state index in [2.05, 4.69) is 58.4 Å². The number of fused-ring (bicyclic) bond motifs is 2. The second-order valence-corrected chi connectivity index (χ2v) is 9.01. The van der Waals surface area contributed by atoms with Crippen LogP contribution < -0.4 is 5.32 Å². The average molecular weight is 444 g/mol. The number of aromatic hydroxyl groups is 1. The van der Waals surface area contributed by atoms with Gasteiger partial charge in [0.15, 0.2) is 17.3 Å². The standard InChI is InChI=1S/C25H25N5OS/c1-16(2)30-15-27-22-24(26-12-11-17-7-9-19(31)10-8-17)28-23(29-25(22)30)21-14-32-13-18-5-3-4-6-20(18)21/h3-10,14-16,31H,11-13H2,1-2H3,(H,26,28,29). The van der Waals surface area contributed by atoms with Crippen LogP contribution in [0.2, 0.25) is 0 Å². The van der Waals surface area contributed by atoms with Crippen LogP contribution in [0.4, 0.5) is 5.82 Å². The monoisotopic (exact) mass is 443 g/mol. The lowest BCUT2D eigenvalue weighted by Crippen LogP contribution is -2.11. The van der Waals surface area contributed by atoms with Crippen LogP contribution >= 0.6 is 11.8 Å². The Morgan fingerprint density at radius 1 is 1.09 bits per heavy atom. The number of imidazole rings is 1. The molecule has 4 aromatic rings. The van der Waals surface area contributed by atoms with Crippen molar-refractivity contribution in [2.45, 2.75) is 32.1 Å². The zero-order valence-electron chi connectivity index (χ0n) is 18.1. The van der Waals surface area contributed by atoms with Crippen molar-refractivity contribution >= 4 is 34.3 Å². The molecule has 5 rings (SSSR count). The zero-order valence-corrected chi connectivity index (χ0v) is 18.9. The Hall–Kier alpha value is -3.32. The number of phenolic OH excluding ortho intramolecular Hbond substituents is 1. The Balaban J connectivity index is 1.52. The third-order valence-electron chi connectivity index (χ3n) is 5.61. The number of nitrogens with one attached hydrogen (secondary N) is 1. The first-order chi connectivity index (χ1) is 15.6. The number of hydrogen-bond donors (Lipinski definition) is 2. The second kappa shape index (κ2) is 8.67. The third kappa shape index (κ3) is 3.96. The van der Waals surface area contributed by atoms with Crippen molar-refractivity contribution in [1.82, 2.24) is 19.5 Å². The van der Waals surface area contributed by atoms with Gasteiger partial charge >= 0.3 is 0 Å². The molecule has 0 spiro atoms. The van der Waals surface area contributed by atoms with Crippen molar-refractivity contribution in [2.24, 2.45) is 0 Å². The quantitative estimate of drug-likeness (QED) is 0.415. The minimum atomic E-state index is 0.245. The molecule has 32 heavy (non-hydrogen) atoms. The number of hydrogen-bond acceptors (Lipinski definition) is 6. The molecule has 0 amide bonds. The molecule has 2 aromatic heterocycles. The van der Waals surface area contributed by atoms with E-state index in [0.29, 0.717) is 12.4 Å². The summed E-state index contributed by atoms with van der Waals surface area (Å²) in [4.78, 5) is 14.5. The van der Waals surface area contributed by atoms with Crippen molar-refractivity contribution in [3.63, 3.8) is 0 Å². The van der Waals surface area contributed by atoms with Crippen molar-refractivity contribution in [1.29, 1.82) is 0 Å². The molecule has 0 saturated carbocycles. The lowest BCUT2D eigenvalue weighted by Gasteiger charge is -2.18. The van der Waals surface area contributed by atoms with Gasteiger partial charge in [-0.1, -0.05) is 36.4 Å². The Morgan fingerprint density at radius 2 is 1.91 bits per heavy atom. The molecule has 0 bridgehead atoms. The summed E-state index contributed by atoms with van der Waals surface area (Å²) >= 11 is 1.78. The first kappa shape index (κ1) is 20.6. The summed E-state index contributed by atoms with van der Waals surface area (Å²) in [6, 6.07) is 16.0. The Morgan fingerprint density at radius 3 is 2.72 bits per heavy atom. The van der Waals surface area contributed by atoms with E-state index in [-0.39, 0.29) is 11.8 Å². The topological polar surface area (TPSA) is 75.9 Å². The predicted octanol–water partition coefficient (Wildman–Crippen LogP) is 5.40. The maximum Gasteiger partial charge on any atom is 0.166 e. The number of aromatic nitrogens is 4. The van der Waals surface area contributed by atoms with E-state index in [0.717, 1.165) is 40.3 Å². The molecule has 0 saturated heterocycles. The lowest BCUT2D eigenvalue weighted by molar-refractivity contribution is 0.475. The van der Waals surface area contributed by atoms with E-state index in [9.17, 15) is 5.11 Å². The molecular weight excluding hydrogens is 418 g/mol. The van der Waals surface area contributed by atoms with Gasteiger partial charge in [0.25, 0.3) is 0 Å². The predicted molar refractivity (Wildman–Crippen MR) is 131 cm³/mol. The molecule has 0 unspecified atom stereocenters. The highest BCUT2D eigenvalue weighted by molar-refractivity contribution is 8.01. The molecule has 162 valence electrons. The Bertz CT molecular complexity index is 1290. The van der Waals surface area contributed by atoms with E-state index in [4.69, 9.17) is 9.97 Å². The van der Waals surface area contributed by atoms with Crippen LogP contribution in [-0.4, -0.2) is 31.2 Å². The minimum Gasteiger partial charge on any atom is -0.508 e. The minimum absolute atomic E-state index is 0.245. The summed E-state index contributed by atoms with van der Waals surface area (Å²) in [7, 11) is 0. The summed E-state index contributed by atoms with van der Waals surface area (Å²) < 4.78 is 2.09. The fourth-order valence-corrected chi connectivity index (χ4v) is 4.80. The fraction of sp³-hybridized carbons (Fsp3) is 0.240. The molecule has 3 heterocycles. The maximum atomic E-state index is 9.50. The number of thioether (sulfide) groups is 1. The summed E-state index contributed by atoms with van der Waals surface area (Å²) in [5, 5.41) is 15.1. The summed E-state index contributed by atoms with van der Waals surface area (Å²) in [6.07, 6.45) is 2.66. The smallest absolute Gasteiger partial charge is 0.166 e. The van der Waals surface area contributed by atoms with Gasteiger partial charge in [0.05, 0.1) is 6.33 Å². The van der Waals surface area contributed by atoms with Gasteiger partial charge in [-0.2, -0.15) is 0 Å². The van der Waals surface area contributed by atoms with Crippen molar-refractivity contribution in [3.05, 3.63) is 82.8 Å². The fourth-order valence-electron chi connectivity index (χ4n) is 3.89. The molecule has 0 atom stereocenters. The van der Waals surface area contributed by atoms with E-state index in [1.165, 1.54) is 11.1 Å². The molecule has 2 aromatic carbocycles. The number of phenols is 1. The lowest BCUT2D eigenvalue weighted by atomic mass is 10.0. The molecule has 2 N–H and O–H groups in total. The Labute approximate surface area is 191 Å². The molecule has 0 radical (unpaired) electrons. The molecule has 0 fully saturated rings. The number of benzene rings is 2. The van der Waals surface area contributed by atoms with Crippen molar-refractivity contribution < 1.29 is 5.11 Å². The normalized spacial score (nSPS) is 13.3. The van der Waals surface area contributed by atoms with Crippen LogP contribution in [0, 0.1) is 0 Å². The van der Waals surface area contributed by atoms with Crippen molar-refractivity contribution in [2.75, 3.05) is 11.9 Å². The van der Waals surface area contributed by atoms with Gasteiger partial charge in [0.2, 0.25) is 0 Å². The number of nitrogens with zero attached hydrogens (tertiary/aromatic N) is 4. The highest BCUT2D eigenvalue weighted by atomic mass is 32.2. The first-order valence-electron chi connectivity index (χ1n) is 10.8. The van der Waals surface area contributed by atoms with Crippen LogP contribution in [0.3, 0.4) is 0 Å². The van der Waals surface area contributed by atoms with Gasteiger partial charge in [-0.05, 0) is 54.5 Å². The number of anilines is 1. The molecule has 1 aliphatic heterocycles. The van der Waals surface area contributed by atoms with Crippen LogP contribution in [0.5, 0.6) is 5.75 Å². The molecular formula is C25H25N5OS.